The summed E-state index contributed by atoms with van der Waals surface area (Å²) in [6.07, 6.45) is 0. The summed E-state index contributed by atoms with van der Waals surface area (Å²) in [7, 11) is 0. The second-order valence-electron chi connectivity index (χ2n) is 7.73. The summed E-state index contributed by atoms with van der Waals surface area (Å²) in [6.45, 7) is 4.79. The highest BCUT2D eigenvalue weighted by Crippen LogP contribution is 2.28. The van der Waals surface area contributed by atoms with Crippen LogP contribution in [0.1, 0.15) is 25.0 Å². The molecule has 35 heavy (non-hydrogen) atoms. The molecular weight excluding hydrogens is 468 g/mol. The minimum absolute atomic E-state index is 0.0295. The molecule has 0 aliphatic heterocycles. The van der Waals surface area contributed by atoms with Crippen LogP contribution in [0, 0.1) is 5.41 Å². The number of benzene rings is 2. The van der Waals surface area contributed by atoms with Gasteiger partial charge in [-0.25, -0.2) is 10.4 Å². The Bertz CT molecular complexity index is 1270. The summed E-state index contributed by atoms with van der Waals surface area (Å²) in [6, 6.07) is 13.9. The molecule has 11 heteroatoms. The Balaban J connectivity index is 1.95. The summed E-state index contributed by atoms with van der Waals surface area (Å²) < 4.78 is 1.31. The van der Waals surface area contributed by atoms with Crippen LogP contribution in [-0.4, -0.2) is 34.4 Å². The monoisotopic (exact) mass is 496 g/mol. The molecule has 10 nitrogen and oxygen atoms in total. The van der Waals surface area contributed by atoms with Gasteiger partial charge in [-0.05, 0) is 24.6 Å². The molecule has 0 fully saturated rings. The van der Waals surface area contributed by atoms with Crippen molar-refractivity contribution in [1.82, 2.24) is 20.3 Å². The van der Waals surface area contributed by atoms with E-state index >= 15 is 0 Å². The first-order valence-corrected chi connectivity index (χ1v) is 11.5. The van der Waals surface area contributed by atoms with Gasteiger partial charge in [-0.2, -0.15) is 0 Å². The molecule has 0 saturated heterocycles. The molecule has 0 unspecified atom stereocenters. The van der Waals surface area contributed by atoms with Gasteiger partial charge in [-0.15, -0.1) is 0 Å². The maximum Gasteiger partial charge on any atom is 0.295 e. The Morgan fingerprint density at radius 3 is 2.51 bits per heavy atom. The average Bonchev–Trinajstić information content (AvgIpc) is 2.83. The predicted octanol–water partition coefficient (Wildman–Crippen LogP) is 2.10. The van der Waals surface area contributed by atoms with Crippen LogP contribution in [0.3, 0.4) is 0 Å². The van der Waals surface area contributed by atoms with Crippen molar-refractivity contribution in [3.63, 3.8) is 0 Å². The van der Waals surface area contributed by atoms with Gasteiger partial charge >= 0.3 is 0 Å². The molecule has 0 saturated carbocycles. The van der Waals surface area contributed by atoms with E-state index < -0.39 is 5.56 Å². The van der Waals surface area contributed by atoms with Crippen molar-refractivity contribution in [2.24, 2.45) is 5.73 Å². The lowest BCUT2D eigenvalue weighted by Crippen LogP contribution is -2.44. The van der Waals surface area contributed by atoms with E-state index in [0.29, 0.717) is 35.6 Å². The fraction of sp³-hybridized carbons (Fsp3) is 0.250. The van der Waals surface area contributed by atoms with Crippen LogP contribution < -0.4 is 32.8 Å². The number of nitrogens with two attached hydrogens (primary N) is 2. The molecule has 2 aromatic carbocycles. The Kier molecular flexibility index (Phi) is 8.45. The van der Waals surface area contributed by atoms with Gasteiger partial charge in [0.2, 0.25) is 11.7 Å². The van der Waals surface area contributed by atoms with Crippen LogP contribution in [0.5, 0.6) is 0 Å². The van der Waals surface area contributed by atoms with Crippen molar-refractivity contribution in [2.45, 2.75) is 26.9 Å². The average molecular weight is 497 g/mol. The third-order valence-corrected chi connectivity index (χ3v) is 5.51. The second-order valence-corrected chi connectivity index (χ2v) is 8.09. The number of hydrogen-bond acceptors (Lipinski definition) is 7. The highest BCUT2D eigenvalue weighted by molar-refractivity contribution is 6.32. The minimum Gasteiger partial charge on any atom is -0.399 e. The Hall–Kier alpha value is -3.89. The number of rotatable bonds is 10. The summed E-state index contributed by atoms with van der Waals surface area (Å²) in [5.41, 5.74) is 16.8. The molecule has 184 valence electrons. The van der Waals surface area contributed by atoms with Crippen molar-refractivity contribution >= 4 is 34.8 Å². The van der Waals surface area contributed by atoms with Gasteiger partial charge in [-0.3, -0.25) is 24.6 Å². The molecule has 3 rings (SSSR count). The number of carbonyl (C=O) groups is 1. The number of nitrogens with zero attached hydrogens (tertiary/aromatic N) is 3. The number of amides is 1. The standard InChI is InChI=1S/C24H29ClN8O2/c1-3-30-33(4-2)23-24(35)32(20(21(25)31-23)17-6-5-7-18(26)12-17)14-19(34)29-13-15-8-10-16(11-9-15)22(27)28/h5-12,30H,3-4,13-14,26H2,1-2H3,(H3,27,28)(H,29,34). The van der Waals surface area contributed by atoms with Crippen LogP contribution in [0.4, 0.5) is 11.5 Å². The number of aromatic nitrogens is 2. The first-order chi connectivity index (χ1) is 16.7. The quantitative estimate of drug-likeness (QED) is 0.124. The minimum atomic E-state index is -0.462. The van der Waals surface area contributed by atoms with E-state index in [4.69, 9.17) is 28.5 Å². The molecule has 0 spiro atoms. The molecule has 0 radical (unpaired) electrons. The molecule has 0 aliphatic rings. The fourth-order valence-corrected chi connectivity index (χ4v) is 3.84. The Labute approximate surface area is 208 Å². The van der Waals surface area contributed by atoms with Gasteiger partial charge < -0.3 is 16.8 Å². The molecule has 1 amide bonds. The van der Waals surface area contributed by atoms with Crippen molar-refractivity contribution in [2.75, 3.05) is 23.8 Å². The number of hydrazine groups is 1. The molecule has 0 atom stereocenters. The first kappa shape index (κ1) is 25.7. The van der Waals surface area contributed by atoms with Gasteiger partial charge in [0.25, 0.3) is 5.56 Å². The zero-order chi connectivity index (χ0) is 25.5. The van der Waals surface area contributed by atoms with Crippen LogP contribution in [0.15, 0.2) is 53.3 Å². The molecule has 0 aliphatic carbocycles. The summed E-state index contributed by atoms with van der Waals surface area (Å²) >= 11 is 6.57. The van der Waals surface area contributed by atoms with E-state index in [1.54, 1.807) is 53.5 Å². The lowest BCUT2D eigenvalue weighted by atomic mass is 10.1. The molecule has 7 N–H and O–H groups in total. The van der Waals surface area contributed by atoms with Crippen molar-refractivity contribution in [3.05, 3.63) is 75.2 Å². The number of hydrogen-bond donors (Lipinski definition) is 5. The zero-order valence-electron chi connectivity index (χ0n) is 19.6. The van der Waals surface area contributed by atoms with Crippen molar-refractivity contribution < 1.29 is 4.79 Å². The fourth-order valence-electron chi connectivity index (χ4n) is 3.54. The second kappa shape index (κ2) is 11.5. The van der Waals surface area contributed by atoms with Gasteiger partial charge in [0.1, 0.15) is 12.4 Å². The largest absolute Gasteiger partial charge is 0.399 e. The first-order valence-electron chi connectivity index (χ1n) is 11.1. The Morgan fingerprint density at radius 2 is 1.91 bits per heavy atom. The highest BCUT2D eigenvalue weighted by Gasteiger charge is 2.22. The van der Waals surface area contributed by atoms with Crippen LogP contribution in [0.2, 0.25) is 5.15 Å². The molecule has 0 bridgehead atoms. The normalized spacial score (nSPS) is 10.7. The zero-order valence-corrected chi connectivity index (χ0v) is 20.4. The smallest absolute Gasteiger partial charge is 0.295 e. The van der Waals surface area contributed by atoms with Gasteiger partial charge in [-0.1, -0.05) is 54.9 Å². The Morgan fingerprint density at radius 1 is 1.20 bits per heavy atom. The van der Waals surface area contributed by atoms with E-state index in [9.17, 15) is 9.59 Å². The van der Waals surface area contributed by atoms with E-state index in [2.05, 4.69) is 15.7 Å². The maximum atomic E-state index is 13.5. The number of nitrogens with one attached hydrogen (secondary N) is 3. The molecule has 1 aromatic heterocycles. The van der Waals surface area contributed by atoms with E-state index in [0.717, 1.165) is 5.56 Å². The van der Waals surface area contributed by atoms with Gasteiger partial charge in [0.05, 0.1) is 5.69 Å². The van der Waals surface area contributed by atoms with E-state index in [1.807, 2.05) is 13.8 Å². The third-order valence-electron chi connectivity index (χ3n) is 5.24. The van der Waals surface area contributed by atoms with Crippen LogP contribution >= 0.6 is 11.6 Å². The van der Waals surface area contributed by atoms with Gasteiger partial charge in [0.15, 0.2) is 5.15 Å². The lowest BCUT2D eigenvalue weighted by Gasteiger charge is -2.24. The number of halogens is 1. The molecule has 3 aromatic rings. The predicted molar refractivity (Wildman–Crippen MR) is 139 cm³/mol. The lowest BCUT2D eigenvalue weighted by molar-refractivity contribution is -0.121. The molecule has 1 heterocycles. The summed E-state index contributed by atoms with van der Waals surface area (Å²) in [5.74, 6) is -0.315. The van der Waals surface area contributed by atoms with E-state index in [-0.39, 0.29) is 35.8 Å². The van der Waals surface area contributed by atoms with Crippen molar-refractivity contribution in [1.29, 1.82) is 5.41 Å². The number of anilines is 2. The van der Waals surface area contributed by atoms with Crippen molar-refractivity contribution in [3.8, 4) is 11.3 Å². The van der Waals surface area contributed by atoms with Crippen LogP contribution in [0.25, 0.3) is 11.3 Å². The SMILES string of the molecule is CCNN(CC)c1nc(Cl)c(-c2cccc(N)c2)n(CC(=O)NCc2ccc(C(=N)N)cc2)c1=O. The number of amidine groups is 1. The third kappa shape index (κ3) is 6.17. The molecular formula is C24H29ClN8O2. The number of nitrogen functional groups attached to an aromatic ring is 2. The number of carbonyl (C=O) groups excluding carboxylic acids is 1. The van der Waals surface area contributed by atoms with Gasteiger partial charge in [0, 0.05) is 36.4 Å². The topological polar surface area (TPSA) is 155 Å². The summed E-state index contributed by atoms with van der Waals surface area (Å²) in [5, 5.41) is 12.0. The highest BCUT2D eigenvalue weighted by atomic mass is 35.5. The van der Waals surface area contributed by atoms with Crippen LogP contribution in [-0.2, 0) is 17.9 Å². The summed E-state index contributed by atoms with van der Waals surface area (Å²) in [4.78, 5) is 30.8. The maximum absolute atomic E-state index is 13.5. The van der Waals surface area contributed by atoms with E-state index in [1.165, 1.54) is 4.57 Å².